The van der Waals surface area contributed by atoms with Crippen molar-refractivity contribution in [3.05, 3.63) is 28.2 Å². The average Bonchev–Trinajstić information content (AvgIpc) is 2.52. The smallest absolute Gasteiger partial charge is 0.0593 e. The number of halogens is 1. The van der Waals surface area contributed by atoms with E-state index in [0.29, 0.717) is 0 Å². The molecular formula is C12H17BrN2O. The van der Waals surface area contributed by atoms with E-state index >= 15 is 0 Å². The monoisotopic (exact) mass is 284 g/mol. The molecule has 16 heavy (non-hydrogen) atoms. The number of hydrogen-bond donors (Lipinski definition) is 1. The van der Waals surface area contributed by atoms with Gasteiger partial charge in [0.25, 0.3) is 0 Å². The van der Waals surface area contributed by atoms with Crippen molar-refractivity contribution >= 4 is 21.6 Å². The van der Waals surface area contributed by atoms with Crippen molar-refractivity contribution in [3.63, 3.8) is 0 Å². The lowest BCUT2D eigenvalue weighted by Gasteiger charge is -2.19. The van der Waals surface area contributed by atoms with E-state index in [4.69, 9.17) is 10.5 Å². The Morgan fingerprint density at radius 1 is 1.31 bits per heavy atom. The van der Waals surface area contributed by atoms with Crippen molar-refractivity contribution in [1.82, 2.24) is 4.90 Å². The Kier molecular flexibility index (Phi) is 4.21. The number of anilines is 1. The molecule has 1 saturated heterocycles. The third-order valence-corrected chi connectivity index (χ3v) is 3.47. The van der Waals surface area contributed by atoms with E-state index in [-0.39, 0.29) is 0 Å². The number of hydrogen-bond acceptors (Lipinski definition) is 3. The van der Waals surface area contributed by atoms with Gasteiger partial charge >= 0.3 is 0 Å². The van der Waals surface area contributed by atoms with Gasteiger partial charge in [-0.05, 0) is 40.0 Å². The Morgan fingerprint density at radius 2 is 2.19 bits per heavy atom. The van der Waals surface area contributed by atoms with E-state index in [0.717, 1.165) is 49.4 Å². The first-order chi connectivity index (χ1) is 7.75. The molecule has 1 aromatic carbocycles. The molecule has 1 aliphatic rings. The molecule has 0 aliphatic carbocycles. The van der Waals surface area contributed by atoms with Gasteiger partial charge in [0.15, 0.2) is 0 Å². The summed E-state index contributed by atoms with van der Waals surface area (Å²) in [5, 5.41) is 0. The maximum atomic E-state index is 5.77. The van der Waals surface area contributed by atoms with Crippen LogP contribution in [0.2, 0.25) is 0 Å². The van der Waals surface area contributed by atoms with E-state index in [9.17, 15) is 0 Å². The lowest BCUT2D eigenvalue weighted by molar-refractivity contribution is 0.140. The molecule has 0 spiro atoms. The predicted molar refractivity (Wildman–Crippen MR) is 69.3 cm³/mol. The molecule has 1 aliphatic heterocycles. The van der Waals surface area contributed by atoms with Gasteiger partial charge in [0, 0.05) is 36.4 Å². The van der Waals surface area contributed by atoms with Crippen LogP contribution in [0.4, 0.5) is 5.69 Å². The topological polar surface area (TPSA) is 38.5 Å². The number of ether oxygens (including phenoxy) is 1. The zero-order valence-corrected chi connectivity index (χ0v) is 10.9. The first-order valence-corrected chi connectivity index (χ1v) is 6.39. The van der Waals surface area contributed by atoms with Crippen molar-refractivity contribution in [3.8, 4) is 0 Å². The highest BCUT2D eigenvalue weighted by Crippen LogP contribution is 2.21. The summed E-state index contributed by atoms with van der Waals surface area (Å²) in [6.45, 7) is 4.84. The van der Waals surface area contributed by atoms with Crippen LogP contribution >= 0.6 is 15.9 Å². The van der Waals surface area contributed by atoms with Crippen LogP contribution in [0.1, 0.15) is 12.0 Å². The van der Waals surface area contributed by atoms with Gasteiger partial charge in [-0.1, -0.05) is 6.07 Å². The molecule has 4 heteroatoms. The van der Waals surface area contributed by atoms with Crippen LogP contribution in [0, 0.1) is 0 Å². The summed E-state index contributed by atoms with van der Waals surface area (Å²) in [5.41, 5.74) is 7.86. The molecule has 0 unspecified atom stereocenters. The molecule has 0 aromatic heterocycles. The standard InChI is InChI=1S/C12H17BrN2O/c13-11-8-10(2-3-12(11)14)9-15-4-1-6-16-7-5-15/h2-3,8H,1,4-7,9,14H2. The SMILES string of the molecule is Nc1ccc(CN2CCCOCC2)cc1Br. The van der Waals surface area contributed by atoms with Crippen LogP contribution < -0.4 is 5.73 Å². The summed E-state index contributed by atoms with van der Waals surface area (Å²) in [4.78, 5) is 2.42. The molecule has 0 amide bonds. The Hall–Kier alpha value is -0.580. The highest BCUT2D eigenvalue weighted by molar-refractivity contribution is 9.10. The lowest BCUT2D eigenvalue weighted by Crippen LogP contribution is -2.25. The molecule has 1 heterocycles. The minimum atomic E-state index is 0.794. The molecule has 1 aromatic rings. The molecule has 3 nitrogen and oxygen atoms in total. The second-order valence-corrected chi connectivity index (χ2v) is 4.95. The second-order valence-electron chi connectivity index (χ2n) is 4.10. The molecule has 0 saturated carbocycles. The highest BCUT2D eigenvalue weighted by Gasteiger charge is 2.09. The van der Waals surface area contributed by atoms with Gasteiger partial charge in [0.2, 0.25) is 0 Å². The van der Waals surface area contributed by atoms with Crippen LogP contribution in [0.25, 0.3) is 0 Å². The predicted octanol–water partition coefficient (Wildman–Crippen LogP) is 2.25. The molecule has 88 valence electrons. The summed E-state index contributed by atoms with van der Waals surface area (Å²) in [7, 11) is 0. The van der Waals surface area contributed by atoms with E-state index in [1.165, 1.54) is 5.56 Å². The Balaban J connectivity index is 1.99. The molecule has 2 rings (SSSR count). The minimum absolute atomic E-state index is 0.794. The van der Waals surface area contributed by atoms with Gasteiger partial charge in [0.1, 0.15) is 0 Å². The van der Waals surface area contributed by atoms with Gasteiger partial charge in [-0.2, -0.15) is 0 Å². The van der Waals surface area contributed by atoms with Crippen LogP contribution in [-0.4, -0.2) is 31.2 Å². The summed E-state index contributed by atoms with van der Waals surface area (Å²) in [5.74, 6) is 0. The summed E-state index contributed by atoms with van der Waals surface area (Å²) in [6.07, 6.45) is 1.12. The third-order valence-electron chi connectivity index (χ3n) is 2.79. The van der Waals surface area contributed by atoms with Crippen LogP contribution in [0.5, 0.6) is 0 Å². The maximum Gasteiger partial charge on any atom is 0.0593 e. The van der Waals surface area contributed by atoms with E-state index in [1.807, 2.05) is 6.07 Å². The number of nitrogens with zero attached hydrogens (tertiary/aromatic N) is 1. The largest absolute Gasteiger partial charge is 0.398 e. The molecule has 2 N–H and O–H groups in total. The molecule has 0 atom stereocenters. The van der Waals surface area contributed by atoms with E-state index in [2.05, 4.69) is 33.0 Å². The highest BCUT2D eigenvalue weighted by atomic mass is 79.9. The molecular weight excluding hydrogens is 268 g/mol. The van der Waals surface area contributed by atoms with Crippen LogP contribution in [-0.2, 0) is 11.3 Å². The molecule has 1 fully saturated rings. The zero-order valence-electron chi connectivity index (χ0n) is 9.29. The van der Waals surface area contributed by atoms with Gasteiger partial charge < -0.3 is 10.5 Å². The molecule has 0 radical (unpaired) electrons. The van der Waals surface area contributed by atoms with Crippen molar-refractivity contribution in [2.75, 3.05) is 32.0 Å². The zero-order chi connectivity index (χ0) is 11.4. The Bertz CT molecular complexity index is 349. The minimum Gasteiger partial charge on any atom is -0.398 e. The fourth-order valence-corrected chi connectivity index (χ4v) is 2.31. The first-order valence-electron chi connectivity index (χ1n) is 5.60. The summed E-state index contributed by atoms with van der Waals surface area (Å²) in [6, 6.07) is 6.14. The Labute approximate surface area is 105 Å². The first kappa shape index (κ1) is 11.9. The number of benzene rings is 1. The van der Waals surface area contributed by atoms with Gasteiger partial charge in [-0.15, -0.1) is 0 Å². The number of nitrogens with two attached hydrogens (primary N) is 1. The quantitative estimate of drug-likeness (QED) is 0.847. The summed E-state index contributed by atoms with van der Waals surface area (Å²) >= 11 is 3.46. The second kappa shape index (κ2) is 5.66. The van der Waals surface area contributed by atoms with Gasteiger partial charge in [-0.3, -0.25) is 4.90 Å². The van der Waals surface area contributed by atoms with Crippen molar-refractivity contribution in [2.45, 2.75) is 13.0 Å². The third kappa shape index (κ3) is 3.20. The van der Waals surface area contributed by atoms with Crippen molar-refractivity contribution < 1.29 is 4.74 Å². The van der Waals surface area contributed by atoms with Crippen molar-refractivity contribution in [2.24, 2.45) is 0 Å². The fourth-order valence-electron chi connectivity index (χ4n) is 1.88. The van der Waals surface area contributed by atoms with Crippen LogP contribution in [0.15, 0.2) is 22.7 Å². The fraction of sp³-hybridized carbons (Fsp3) is 0.500. The van der Waals surface area contributed by atoms with Crippen molar-refractivity contribution in [1.29, 1.82) is 0 Å². The van der Waals surface area contributed by atoms with Crippen LogP contribution in [0.3, 0.4) is 0 Å². The van der Waals surface area contributed by atoms with Gasteiger partial charge in [-0.25, -0.2) is 0 Å². The van der Waals surface area contributed by atoms with E-state index in [1.54, 1.807) is 0 Å². The Morgan fingerprint density at radius 3 is 3.00 bits per heavy atom. The van der Waals surface area contributed by atoms with E-state index < -0.39 is 0 Å². The van der Waals surface area contributed by atoms with Gasteiger partial charge in [0.05, 0.1) is 6.61 Å². The lowest BCUT2D eigenvalue weighted by atomic mass is 10.2. The summed E-state index contributed by atoms with van der Waals surface area (Å²) < 4.78 is 6.42. The average molecular weight is 285 g/mol. The normalized spacial score (nSPS) is 18.3. The maximum absolute atomic E-state index is 5.77. The number of nitrogen functional groups attached to an aromatic ring is 1. The molecule has 0 bridgehead atoms. The number of rotatable bonds is 2.